The van der Waals surface area contributed by atoms with Crippen LogP contribution in [0.15, 0.2) is 0 Å². The lowest BCUT2D eigenvalue weighted by Gasteiger charge is -2.28. The van der Waals surface area contributed by atoms with Crippen LogP contribution in [0, 0.1) is 5.92 Å². The molecule has 2 aliphatic rings. The number of carbonyl (C=O) groups is 1. The standard InChI is InChI=1S/C11H20N2O2/c14-11(13-4-2-1-3-5-13)9-15-8-10-6-12-7-10/h10,12H,1-9H2. The minimum absolute atomic E-state index is 0.169. The molecular formula is C11H20N2O2. The average Bonchev–Trinajstić information content (AvgIpc) is 2.23. The summed E-state index contributed by atoms with van der Waals surface area (Å²) in [7, 11) is 0. The highest BCUT2D eigenvalue weighted by atomic mass is 16.5. The zero-order valence-electron chi connectivity index (χ0n) is 9.21. The fourth-order valence-electron chi connectivity index (χ4n) is 2.01. The Morgan fingerprint density at radius 2 is 2.00 bits per heavy atom. The Balaban J connectivity index is 1.58. The van der Waals surface area contributed by atoms with Gasteiger partial charge < -0.3 is 15.0 Å². The highest BCUT2D eigenvalue weighted by molar-refractivity contribution is 5.77. The molecule has 86 valence electrons. The van der Waals surface area contributed by atoms with Gasteiger partial charge in [0, 0.05) is 32.1 Å². The van der Waals surface area contributed by atoms with Crippen LogP contribution in [0.4, 0.5) is 0 Å². The lowest BCUT2D eigenvalue weighted by Crippen LogP contribution is -2.45. The zero-order valence-corrected chi connectivity index (χ0v) is 9.21. The minimum Gasteiger partial charge on any atom is -0.371 e. The molecule has 2 aliphatic heterocycles. The minimum atomic E-state index is 0.169. The van der Waals surface area contributed by atoms with Crippen molar-refractivity contribution in [3.8, 4) is 0 Å². The molecule has 2 fully saturated rings. The summed E-state index contributed by atoms with van der Waals surface area (Å²) in [4.78, 5) is 13.6. The molecule has 1 amide bonds. The summed E-state index contributed by atoms with van der Waals surface area (Å²) in [6.07, 6.45) is 3.56. The van der Waals surface area contributed by atoms with E-state index < -0.39 is 0 Å². The van der Waals surface area contributed by atoms with Crippen LogP contribution in [0.1, 0.15) is 19.3 Å². The van der Waals surface area contributed by atoms with Gasteiger partial charge in [0.15, 0.2) is 0 Å². The Hall–Kier alpha value is -0.610. The van der Waals surface area contributed by atoms with Crippen molar-refractivity contribution in [2.45, 2.75) is 19.3 Å². The van der Waals surface area contributed by atoms with Crippen LogP contribution in [0.25, 0.3) is 0 Å². The smallest absolute Gasteiger partial charge is 0.248 e. The molecule has 0 aromatic rings. The number of piperidine rings is 1. The van der Waals surface area contributed by atoms with Gasteiger partial charge >= 0.3 is 0 Å². The van der Waals surface area contributed by atoms with Crippen LogP contribution in [-0.2, 0) is 9.53 Å². The Kier molecular flexibility index (Phi) is 3.97. The first-order chi connectivity index (χ1) is 7.36. The second-order valence-corrected chi connectivity index (χ2v) is 4.48. The molecule has 0 atom stereocenters. The van der Waals surface area contributed by atoms with Crippen LogP contribution < -0.4 is 5.32 Å². The second kappa shape index (κ2) is 5.47. The van der Waals surface area contributed by atoms with E-state index in [2.05, 4.69) is 5.32 Å². The van der Waals surface area contributed by atoms with Gasteiger partial charge in [0.1, 0.15) is 6.61 Å². The molecule has 0 spiro atoms. The number of nitrogens with one attached hydrogen (secondary N) is 1. The van der Waals surface area contributed by atoms with E-state index in [1.54, 1.807) is 0 Å². The molecule has 0 radical (unpaired) electrons. The molecule has 2 saturated heterocycles. The summed E-state index contributed by atoms with van der Waals surface area (Å²) >= 11 is 0. The number of hydrogen-bond donors (Lipinski definition) is 1. The number of rotatable bonds is 4. The van der Waals surface area contributed by atoms with E-state index in [-0.39, 0.29) is 12.5 Å². The Morgan fingerprint density at radius 1 is 1.27 bits per heavy atom. The SMILES string of the molecule is O=C(COCC1CNC1)N1CCCCC1. The van der Waals surface area contributed by atoms with Gasteiger partial charge in [-0.2, -0.15) is 0 Å². The number of hydrogen-bond acceptors (Lipinski definition) is 3. The fraction of sp³-hybridized carbons (Fsp3) is 0.909. The molecule has 0 aromatic carbocycles. The highest BCUT2D eigenvalue weighted by Gasteiger charge is 2.19. The fourth-order valence-corrected chi connectivity index (χ4v) is 2.01. The normalized spacial score (nSPS) is 22.5. The molecule has 2 rings (SSSR count). The van der Waals surface area contributed by atoms with Crippen LogP contribution >= 0.6 is 0 Å². The van der Waals surface area contributed by atoms with E-state index in [1.807, 2.05) is 4.90 Å². The van der Waals surface area contributed by atoms with Crippen molar-refractivity contribution in [3.63, 3.8) is 0 Å². The molecule has 15 heavy (non-hydrogen) atoms. The molecule has 0 aromatic heterocycles. The van der Waals surface area contributed by atoms with Crippen LogP contribution in [0.5, 0.6) is 0 Å². The third-order valence-corrected chi connectivity index (χ3v) is 3.15. The van der Waals surface area contributed by atoms with Crippen LogP contribution in [-0.4, -0.2) is 50.2 Å². The Morgan fingerprint density at radius 3 is 2.60 bits per heavy atom. The van der Waals surface area contributed by atoms with Gasteiger partial charge in [0.05, 0.1) is 6.61 Å². The van der Waals surface area contributed by atoms with Gasteiger partial charge in [-0.05, 0) is 19.3 Å². The molecule has 1 N–H and O–H groups in total. The first-order valence-electron chi connectivity index (χ1n) is 5.92. The zero-order chi connectivity index (χ0) is 10.5. The second-order valence-electron chi connectivity index (χ2n) is 4.48. The summed E-state index contributed by atoms with van der Waals surface area (Å²) in [5.74, 6) is 0.793. The maximum atomic E-state index is 11.7. The molecule has 0 aliphatic carbocycles. The Labute approximate surface area is 91.0 Å². The molecular weight excluding hydrogens is 192 g/mol. The van der Waals surface area contributed by atoms with Gasteiger partial charge in [-0.15, -0.1) is 0 Å². The molecule has 2 heterocycles. The third kappa shape index (κ3) is 3.18. The lowest BCUT2D eigenvalue weighted by atomic mass is 10.1. The van der Waals surface area contributed by atoms with Crippen molar-refractivity contribution >= 4 is 5.91 Å². The van der Waals surface area contributed by atoms with E-state index in [9.17, 15) is 4.79 Å². The number of ether oxygens (including phenoxy) is 1. The number of nitrogens with zero attached hydrogens (tertiary/aromatic N) is 1. The summed E-state index contributed by atoms with van der Waals surface area (Å²) in [5, 5.41) is 3.19. The van der Waals surface area contributed by atoms with Crippen LogP contribution in [0.3, 0.4) is 0 Å². The third-order valence-electron chi connectivity index (χ3n) is 3.15. The van der Waals surface area contributed by atoms with Crippen LogP contribution in [0.2, 0.25) is 0 Å². The topological polar surface area (TPSA) is 41.6 Å². The van der Waals surface area contributed by atoms with Gasteiger partial charge in [-0.25, -0.2) is 0 Å². The van der Waals surface area contributed by atoms with E-state index in [4.69, 9.17) is 4.74 Å². The van der Waals surface area contributed by atoms with Gasteiger partial charge in [-0.1, -0.05) is 0 Å². The van der Waals surface area contributed by atoms with Crippen molar-refractivity contribution in [3.05, 3.63) is 0 Å². The molecule has 4 heteroatoms. The summed E-state index contributed by atoms with van der Waals surface area (Å²) in [6, 6.07) is 0. The number of amides is 1. The van der Waals surface area contributed by atoms with Crippen molar-refractivity contribution in [1.82, 2.24) is 10.2 Å². The highest BCUT2D eigenvalue weighted by Crippen LogP contribution is 2.09. The number of carbonyl (C=O) groups excluding carboxylic acids is 1. The van der Waals surface area contributed by atoms with E-state index in [1.165, 1.54) is 6.42 Å². The largest absolute Gasteiger partial charge is 0.371 e. The number of likely N-dealkylation sites (tertiary alicyclic amines) is 1. The van der Waals surface area contributed by atoms with E-state index in [0.29, 0.717) is 5.92 Å². The lowest BCUT2D eigenvalue weighted by molar-refractivity contribution is -0.137. The first-order valence-corrected chi connectivity index (χ1v) is 5.92. The van der Waals surface area contributed by atoms with Gasteiger partial charge in [-0.3, -0.25) is 4.79 Å². The van der Waals surface area contributed by atoms with Crippen molar-refractivity contribution in [1.29, 1.82) is 0 Å². The van der Waals surface area contributed by atoms with E-state index >= 15 is 0 Å². The Bertz CT molecular complexity index is 211. The summed E-state index contributed by atoms with van der Waals surface area (Å²) < 4.78 is 5.42. The van der Waals surface area contributed by atoms with E-state index in [0.717, 1.165) is 45.6 Å². The quantitative estimate of drug-likeness (QED) is 0.725. The molecule has 0 saturated carbocycles. The van der Waals surface area contributed by atoms with Crippen molar-refractivity contribution in [2.24, 2.45) is 5.92 Å². The van der Waals surface area contributed by atoms with Gasteiger partial charge in [0.25, 0.3) is 0 Å². The maximum absolute atomic E-state index is 11.7. The predicted molar refractivity (Wildman–Crippen MR) is 57.6 cm³/mol. The maximum Gasteiger partial charge on any atom is 0.248 e. The predicted octanol–water partition coefficient (Wildman–Crippen LogP) is 0.235. The summed E-state index contributed by atoms with van der Waals surface area (Å²) in [6.45, 7) is 4.93. The molecule has 4 nitrogen and oxygen atoms in total. The van der Waals surface area contributed by atoms with Crippen molar-refractivity contribution < 1.29 is 9.53 Å². The first kappa shape index (κ1) is 10.9. The van der Waals surface area contributed by atoms with Gasteiger partial charge in [0.2, 0.25) is 5.91 Å². The summed E-state index contributed by atoms with van der Waals surface area (Å²) in [5.41, 5.74) is 0. The molecule has 0 unspecified atom stereocenters. The monoisotopic (exact) mass is 212 g/mol. The molecule has 0 bridgehead atoms. The van der Waals surface area contributed by atoms with Crippen molar-refractivity contribution in [2.75, 3.05) is 39.4 Å². The average molecular weight is 212 g/mol.